The predicted molar refractivity (Wildman–Crippen MR) is 80.9 cm³/mol. The molecule has 1 saturated heterocycles. The molecule has 0 aliphatic carbocycles. The third-order valence-electron chi connectivity index (χ3n) is 3.72. The van der Waals surface area contributed by atoms with Gasteiger partial charge in [0.25, 0.3) is 5.91 Å². The molecule has 3 nitrogen and oxygen atoms in total. The quantitative estimate of drug-likeness (QED) is 0.931. The van der Waals surface area contributed by atoms with Crippen molar-refractivity contribution in [1.29, 1.82) is 0 Å². The molecule has 112 valence electrons. The number of carbonyl (C=O) groups excluding carboxylic acids is 1. The Hall–Kier alpha value is -1.13. The molecule has 1 aliphatic heterocycles. The number of likely N-dealkylation sites (tertiary alicyclic amines) is 1. The van der Waals surface area contributed by atoms with Crippen LogP contribution in [0.25, 0.3) is 0 Å². The van der Waals surface area contributed by atoms with E-state index >= 15 is 0 Å². The first-order chi connectivity index (χ1) is 9.11. The van der Waals surface area contributed by atoms with Crippen LogP contribution in [0.1, 0.15) is 28.8 Å². The van der Waals surface area contributed by atoms with Crippen molar-refractivity contribution in [3.05, 3.63) is 35.1 Å². The van der Waals surface area contributed by atoms with Crippen molar-refractivity contribution in [3.8, 4) is 0 Å². The third kappa shape index (κ3) is 3.93. The first kappa shape index (κ1) is 16.9. The standard InChI is InChI=1S/C15H21FN2O.ClH/c1-11-8-13(16)5-6-14(11)15(19)18-7-3-4-12(10-18)9-17-2;/h5-6,8,12,17H,3-4,7,9-10H2,1-2H3;1H. The molecule has 1 heterocycles. The molecule has 1 unspecified atom stereocenters. The normalized spacial score (nSPS) is 18.6. The van der Waals surface area contributed by atoms with Crippen molar-refractivity contribution in [2.24, 2.45) is 5.92 Å². The fourth-order valence-electron chi connectivity index (χ4n) is 2.74. The lowest BCUT2D eigenvalue weighted by atomic mass is 9.97. The zero-order valence-corrected chi connectivity index (χ0v) is 12.8. The number of carbonyl (C=O) groups is 1. The molecule has 0 spiro atoms. The van der Waals surface area contributed by atoms with Crippen molar-refractivity contribution >= 4 is 18.3 Å². The van der Waals surface area contributed by atoms with Crippen molar-refractivity contribution < 1.29 is 9.18 Å². The maximum atomic E-state index is 13.1. The summed E-state index contributed by atoms with van der Waals surface area (Å²) in [6.07, 6.45) is 2.20. The van der Waals surface area contributed by atoms with Gasteiger partial charge in [0.2, 0.25) is 0 Å². The van der Waals surface area contributed by atoms with E-state index < -0.39 is 0 Å². The van der Waals surface area contributed by atoms with Crippen LogP contribution in [-0.2, 0) is 0 Å². The third-order valence-corrected chi connectivity index (χ3v) is 3.72. The molecule has 0 saturated carbocycles. The first-order valence-corrected chi connectivity index (χ1v) is 6.82. The highest BCUT2D eigenvalue weighted by atomic mass is 35.5. The highest BCUT2D eigenvalue weighted by Gasteiger charge is 2.24. The van der Waals surface area contributed by atoms with E-state index in [9.17, 15) is 9.18 Å². The largest absolute Gasteiger partial charge is 0.338 e. The maximum absolute atomic E-state index is 13.1. The Morgan fingerprint density at radius 1 is 1.50 bits per heavy atom. The molecule has 1 aromatic rings. The molecule has 0 radical (unpaired) electrons. The fraction of sp³-hybridized carbons (Fsp3) is 0.533. The average molecular weight is 301 g/mol. The van der Waals surface area contributed by atoms with Gasteiger partial charge >= 0.3 is 0 Å². The van der Waals surface area contributed by atoms with Crippen LogP contribution in [0.15, 0.2) is 18.2 Å². The van der Waals surface area contributed by atoms with Gasteiger partial charge in [-0.25, -0.2) is 4.39 Å². The Balaban J connectivity index is 0.00000200. The summed E-state index contributed by atoms with van der Waals surface area (Å²) >= 11 is 0. The smallest absolute Gasteiger partial charge is 0.254 e. The van der Waals surface area contributed by atoms with Crippen LogP contribution in [0.4, 0.5) is 4.39 Å². The number of benzene rings is 1. The van der Waals surface area contributed by atoms with Gasteiger partial charge in [-0.2, -0.15) is 0 Å². The molecule has 1 aliphatic rings. The summed E-state index contributed by atoms with van der Waals surface area (Å²) in [5.74, 6) is 0.252. The summed E-state index contributed by atoms with van der Waals surface area (Å²) in [6.45, 7) is 4.31. The summed E-state index contributed by atoms with van der Waals surface area (Å²) in [5.41, 5.74) is 1.33. The van der Waals surface area contributed by atoms with E-state index in [-0.39, 0.29) is 24.1 Å². The minimum Gasteiger partial charge on any atom is -0.338 e. The molecule has 20 heavy (non-hydrogen) atoms. The van der Waals surface area contributed by atoms with E-state index in [1.807, 2.05) is 11.9 Å². The minimum atomic E-state index is -0.291. The Morgan fingerprint density at radius 2 is 2.25 bits per heavy atom. The van der Waals surface area contributed by atoms with Crippen molar-refractivity contribution in [3.63, 3.8) is 0 Å². The van der Waals surface area contributed by atoms with Gasteiger partial charge in [-0.15, -0.1) is 12.4 Å². The Morgan fingerprint density at radius 3 is 2.90 bits per heavy atom. The highest BCUT2D eigenvalue weighted by molar-refractivity contribution is 5.95. The summed E-state index contributed by atoms with van der Waals surface area (Å²) in [5, 5.41) is 3.17. The molecule has 0 bridgehead atoms. The van der Waals surface area contributed by atoms with Crippen LogP contribution < -0.4 is 5.32 Å². The zero-order valence-electron chi connectivity index (χ0n) is 12.0. The number of hydrogen-bond donors (Lipinski definition) is 1. The molecule has 2 rings (SSSR count). The van der Waals surface area contributed by atoms with Crippen molar-refractivity contribution in [2.75, 3.05) is 26.7 Å². The highest BCUT2D eigenvalue weighted by Crippen LogP contribution is 2.20. The van der Waals surface area contributed by atoms with Crippen LogP contribution >= 0.6 is 12.4 Å². The summed E-state index contributed by atoms with van der Waals surface area (Å²) in [6, 6.07) is 4.37. The van der Waals surface area contributed by atoms with Crippen LogP contribution in [0.3, 0.4) is 0 Å². The van der Waals surface area contributed by atoms with Gasteiger partial charge in [0.05, 0.1) is 0 Å². The number of hydrogen-bond acceptors (Lipinski definition) is 2. The summed E-state index contributed by atoms with van der Waals surface area (Å²) in [4.78, 5) is 14.4. The van der Waals surface area contributed by atoms with Gasteiger partial charge in [-0.1, -0.05) is 0 Å². The Bertz CT molecular complexity index is 465. The molecular formula is C15H22ClFN2O. The van der Waals surface area contributed by atoms with Crippen LogP contribution in [0.5, 0.6) is 0 Å². The lowest BCUT2D eigenvalue weighted by Crippen LogP contribution is -2.42. The first-order valence-electron chi connectivity index (χ1n) is 6.82. The summed E-state index contributed by atoms with van der Waals surface area (Å²) in [7, 11) is 1.94. The number of aryl methyl sites for hydroxylation is 1. The second-order valence-electron chi connectivity index (χ2n) is 5.28. The molecule has 1 N–H and O–H groups in total. The number of nitrogens with one attached hydrogen (secondary N) is 1. The zero-order chi connectivity index (χ0) is 13.8. The Labute approximate surface area is 125 Å². The van der Waals surface area contributed by atoms with E-state index in [0.717, 1.165) is 32.5 Å². The van der Waals surface area contributed by atoms with Crippen molar-refractivity contribution in [1.82, 2.24) is 10.2 Å². The number of halogens is 2. The number of rotatable bonds is 3. The average Bonchev–Trinajstić information content (AvgIpc) is 2.39. The molecule has 5 heteroatoms. The second-order valence-corrected chi connectivity index (χ2v) is 5.28. The van der Waals surface area contributed by atoms with Crippen molar-refractivity contribution in [2.45, 2.75) is 19.8 Å². The van der Waals surface area contributed by atoms with Gasteiger partial charge in [-0.05, 0) is 63.0 Å². The van der Waals surface area contributed by atoms with Crippen LogP contribution in [0.2, 0.25) is 0 Å². The van der Waals surface area contributed by atoms with Gasteiger partial charge in [0.15, 0.2) is 0 Å². The van der Waals surface area contributed by atoms with Gasteiger partial charge < -0.3 is 10.2 Å². The maximum Gasteiger partial charge on any atom is 0.254 e. The number of nitrogens with zero attached hydrogens (tertiary/aromatic N) is 1. The molecule has 1 atom stereocenters. The Kier molecular flexibility index (Phi) is 6.43. The van der Waals surface area contributed by atoms with Crippen LogP contribution in [-0.4, -0.2) is 37.5 Å². The molecule has 1 fully saturated rings. The fourth-order valence-corrected chi connectivity index (χ4v) is 2.74. The summed E-state index contributed by atoms with van der Waals surface area (Å²) < 4.78 is 13.1. The molecule has 1 amide bonds. The second kappa shape index (κ2) is 7.60. The minimum absolute atomic E-state index is 0. The lowest BCUT2D eigenvalue weighted by molar-refractivity contribution is 0.0673. The lowest BCUT2D eigenvalue weighted by Gasteiger charge is -2.33. The van der Waals surface area contributed by atoms with Gasteiger partial charge in [0, 0.05) is 18.7 Å². The number of piperidine rings is 1. The SMILES string of the molecule is CNCC1CCCN(C(=O)c2ccc(F)cc2C)C1.Cl. The van der Waals surface area contributed by atoms with Crippen LogP contribution in [0, 0.1) is 18.7 Å². The topological polar surface area (TPSA) is 32.3 Å². The van der Waals surface area contributed by atoms with E-state index in [2.05, 4.69) is 5.32 Å². The van der Waals surface area contributed by atoms with Gasteiger partial charge in [-0.3, -0.25) is 4.79 Å². The molecule has 1 aromatic carbocycles. The van der Waals surface area contributed by atoms with E-state index in [1.165, 1.54) is 12.1 Å². The van der Waals surface area contributed by atoms with Gasteiger partial charge in [0.1, 0.15) is 5.82 Å². The predicted octanol–water partition coefficient (Wildman–Crippen LogP) is 2.63. The van der Waals surface area contributed by atoms with E-state index in [4.69, 9.17) is 0 Å². The monoisotopic (exact) mass is 300 g/mol. The van der Waals surface area contributed by atoms with E-state index in [0.29, 0.717) is 17.0 Å². The molecule has 0 aromatic heterocycles. The number of amides is 1. The van der Waals surface area contributed by atoms with E-state index in [1.54, 1.807) is 13.0 Å². The molecular weight excluding hydrogens is 279 g/mol.